The number of H-pyrrole nitrogens is 1. The molecule has 1 saturated heterocycles. The Hall–Kier alpha value is -2.68. The molecule has 9 nitrogen and oxygen atoms in total. The topological polar surface area (TPSA) is 126 Å². The van der Waals surface area contributed by atoms with Crippen molar-refractivity contribution in [3.8, 4) is 11.5 Å². The predicted molar refractivity (Wildman–Crippen MR) is 144 cm³/mol. The van der Waals surface area contributed by atoms with Crippen LogP contribution in [-0.2, 0) is 26.0 Å². The zero-order valence-electron chi connectivity index (χ0n) is 20.8. The van der Waals surface area contributed by atoms with E-state index in [1.165, 1.54) is 49.8 Å². The summed E-state index contributed by atoms with van der Waals surface area (Å²) in [5.74, 6) is -0.645. The third-order valence-electron chi connectivity index (χ3n) is 5.82. The highest BCUT2D eigenvalue weighted by Gasteiger charge is 2.42. The lowest BCUT2D eigenvalue weighted by molar-refractivity contribution is -0.377. The van der Waals surface area contributed by atoms with Gasteiger partial charge in [-0.1, -0.05) is 47.5 Å². The highest BCUT2D eigenvalue weighted by atomic mass is 35.5. The van der Waals surface area contributed by atoms with E-state index in [1.54, 1.807) is 18.2 Å². The molecule has 2 aromatic carbocycles. The summed E-state index contributed by atoms with van der Waals surface area (Å²) in [4.78, 5) is 16.3. The number of aromatic nitrogens is 1. The van der Waals surface area contributed by atoms with E-state index in [2.05, 4.69) is 9.72 Å². The van der Waals surface area contributed by atoms with Crippen molar-refractivity contribution in [2.45, 2.75) is 29.4 Å². The average Bonchev–Trinajstić information content (AvgIpc) is 3.42. The van der Waals surface area contributed by atoms with Gasteiger partial charge in [-0.2, -0.15) is 13.1 Å². The second-order valence-corrected chi connectivity index (χ2v) is 12.1. The predicted octanol–water partition coefficient (Wildman–Crippen LogP) is 4.83. The van der Waals surface area contributed by atoms with E-state index >= 15 is 0 Å². The number of nitrogens with zero attached hydrogens (tertiary/aromatic N) is 1. The molecule has 216 valence electrons. The standard InChI is InChI=1S/C25H22Cl2F2N2O6S2.H2O/c1-35-22-11-15(7-8-20(22)37-25(28)29)21(12-17-18(26)13-30-14-19(17)27)36-24(32)23-31(9-10-38-23)39(33,34)16-5-3-2-4-6-16;/h2-8,11,13-14,21,23,25H,9-10,12H2,1H3;1H2/t21-,23-;/m0./s1. The minimum absolute atomic E-state index is 0. The smallest absolute Gasteiger partial charge is 0.387 e. The van der Waals surface area contributed by atoms with Gasteiger partial charge in [-0.05, 0) is 29.8 Å². The first kappa shape index (κ1) is 31.8. The van der Waals surface area contributed by atoms with Gasteiger partial charge in [-0.3, -0.25) is 0 Å². The maximum Gasteiger partial charge on any atom is 0.387 e. The maximum atomic E-state index is 13.5. The molecule has 0 bridgehead atoms. The molecule has 3 aromatic rings. The summed E-state index contributed by atoms with van der Waals surface area (Å²) in [5, 5.41) is -0.593. The fraction of sp³-hybridized carbons (Fsp3) is 0.280. The lowest BCUT2D eigenvalue weighted by atomic mass is 10.0. The summed E-state index contributed by atoms with van der Waals surface area (Å²) in [7, 11) is -2.70. The van der Waals surface area contributed by atoms with Crippen molar-refractivity contribution in [1.82, 2.24) is 4.31 Å². The molecule has 0 amide bonds. The van der Waals surface area contributed by atoms with Crippen molar-refractivity contribution in [1.29, 1.82) is 0 Å². The summed E-state index contributed by atoms with van der Waals surface area (Å²) >= 11 is 13.8. The lowest BCUT2D eigenvalue weighted by Crippen LogP contribution is -2.40. The number of hydrogen-bond donors (Lipinski definition) is 0. The van der Waals surface area contributed by atoms with E-state index in [9.17, 15) is 22.0 Å². The number of ether oxygens (including phenoxy) is 3. The number of esters is 1. The molecule has 2 N–H and O–H groups in total. The van der Waals surface area contributed by atoms with Gasteiger partial charge in [0.15, 0.2) is 29.3 Å². The van der Waals surface area contributed by atoms with Crippen LogP contribution in [0.3, 0.4) is 0 Å². The van der Waals surface area contributed by atoms with Crippen molar-refractivity contribution in [3.05, 3.63) is 82.1 Å². The minimum atomic E-state index is -3.98. The van der Waals surface area contributed by atoms with Crippen LogP contribution in [0.25, 0.3) is 0 Å². The van der Waals surface area contributed by atoms with Crippen molar-refractivity contribution >= 4 is 51.0 Å². The van der Waals surface area contributed by atoms with Crippen LogP contribution < -0.4 is 14.5 Å². The van der Waals surface area contributed by atoms with Crippen LogP contribution in [0.5, 0.6) is 11.5 Å². The van der Waals surface area contributed by atoms with Crippen molar-refractivity contribution in [2.24, 2.45) is 0 Å². The number of nitrogens with one attached hydrogen (secondary N) is 1. The summed E-state index contributed by atoms with van der Waals surface area (Å²) in [6, 6.07) is 11.9. The number of halogens is 4. The molecule has 0 radical (unpaired) electrons. The molecule has 0 saturated carbocycles. The quantitative estimate of drug-likeness (QED) is 0.290. The molecule has 15 heteroatoms. The molecule has 1 aliphatic rings. The molecule has 2 atom stereocenters. The van der Waals surface area contributed by atoms with Gasteiger partial charge >= 0.3 is 12.6 Å². The Bertz CT molecular complexity index is 1420. The number of thioether (sulfide) groups is 1. The Morgan fingerprint density at radius 1 is 1.12 bits per heavy atom. The van der Waals surface area contributed by atoms with Crippen LogP contribution in [-0.4, -0.2) is 55.6 Å². The molecule has 0 spiro atoms. The first-order valence-electron chi connectivity index (χ1n) is 11.5. The number of hydrogen-bond acceptors (Lipinski definition) is 8. The van der Waals surface area contributed by atoms with Crippen LogP contribution >= 0.6 is 35.0 Å². The molecule has 1 aliphatic heterocycles. The first-order chi connectivity index (χ1) is 18.6. The van der Waals surface area contributed by atoms with Gasteiger partial charge in [-0.25, -0.2) is 18.2 Å². The van der Waals surface area contributed by atoms with Gasteiger partial charge in [0.05, 0.1) is 12.0 Å². The number of alkyl halides is 2. The van der Waals surface area contributed by atoms with Gasteiger partial charge in [-0.15, -0.1) is 11.8 Å². The van der Waals surface area contributed by atoms with Crippen molar-refractivity contribution in [2.75, 3.05) is 19.4 Å². The Labute approximate surface area is 243 Å². The van der Waals surface area contributed by atoms with E-state index < -0.39 is 34.1 Å². The lowest BCUT2D eigenvalue weighted by Gasteiger charge is -2.25. The van der Waals surface area contributed by atoms with Crippen molar-refractivity contribution < 1.29 is 46.7 Å². The van der Waals surface area contributed by atoms with Gasteiger partial charge in [0, 0.05) is 24.3 Å². The molecule has 2 heterocycles. The second kappa shape index (κ2) is 13.8. The number of benzene rings is 2. The van der Waals surface area contributed by atoms with E-state index in [0.717, 1.165) is 16.1 Å². The average molecular weight is 638 g/mol. The van der Waals surface area contributed by atoms with Gasteiger partial charge in [0.1, 0.15) is 16.1 Å². The number of pyridine rings is 1. The van der Waals surface area contributed by atoms with Gasteiger partial charge in [0.2, 0.25) is 10.0 Å². The number of carbonyl (C=O) groups is 1. The van der Waals surface area contributed by atoms with Crippen LogP contribution in [0.4, 0.5) is 8.78 Å². The number of methoxy groups -OCH3 is 1. The van der Waals surface area contributed by atoms with E-state index in [0.29, 0.717) is 16.9 Å². The summed E-state index contributed by atoms with van der Waals surface area (Å²) in [5.41, 5.74) is 0.817. The highest BCUT2D eigenvalue weighted by molar-refractivity contribution is 8.02. The number of aromatic amines is 1. The van der Waals surface area contributed by atoms with Gasteiger partial charge in [0.25, 0.3) is 0 Å². The van der Waals surface area contributed by atoms with Crippen LogP contribution in [0.1, 0.15) is 17.2 Å². The fourth-order valence-electron chi connectivity index (χ4n) is 3.97. The third-order valence-corrected chi connectivity index (χ3v) is 9.69. The molecule has 0 unspecified atom stereocenters. The Kier molecular flexibility index (Phi) is 11.0. The molecule has 40 heavy (non-hydrogen) atoms. The Morgan fingerprint density at radius 3 is 2.42 bits per heavy atom. The molecule has 1 fully saturated rings. The maximum absolute atomic E-state index is 13.5. The zero-order valence-corrected chi connectivity index (χ0v) is 23.9. The molecular weight excluding hydrogens is 613 g/mol. The van der Waals surface area contributed by atoms with E-state index in [4.69, 9.17) is 32.7 Å². The number of sulfonamides is 1. The monoisotopic (exact) mass is 636 g/mol. The molecule has 0 aliphatic carbocycles. The number of carbonyl (C=O) groups excluding carboxylic acids is 1. The zero-order chi connectivity index (χ0) is 28.2. The number of rotatable bonds is 10. The largest absolute Gasteiger partial charge is 0.870 e. The van der Waals surface area contributed by atoms with Gasteiger partial charge < -0.3 is 19.7 Å². The van der Waals surface area contributed by atoms with Crippen molar-refractivity contribution in [3.63, 3.8) is 0 Å². The van der Waals surface area contributed by atoms with Crippen LogP contribution in [0, 0.1) is 0 Å². The van der Waals surface area contributed by atoms with E-state index in [-0.39, 0.29) is 44.9 Å². The normalized spacial score (nSPS) is 16.3. The Morgan fingerprint density at radius 2 is 1.80 bits per heavy atom. The summed E-state index contributed by atoms with van der Waals surface area (Å²) < 4.78 is 68.9. The SMILES string of the molecule is COc1cc([C@H](Cc2c(Cl)c[nH+]cc2Cl)OC(=O)[C@@H]2SCCN2S(=O)(=O)c2ccccc2)ccc1OC(F)F.[OH-]. The summed E-state index contributed by atoms with van der Waals surface area (Å²) in [6.07, 6.45) is 1.97. The second-order valence-electron chi connectivity index (χ2n) is 8.20. The van der Waals surface area contributed by atoms with E-state index in [1.807, 2.05) is 0 Å². The third kappa shape index (κ3) is 7.14. The first-order valence-corrected chi connectivity index (χ1v) is 14.7. The molecular formula is C25H24Cl2F2N2O7S2. The minimum Gasteiger partial charge on any atom is -0.870 e. The molecule has 1 aromatic heterocycles. The van der Waals surface area contributed by atoms with Crippen LogP contribution in [0.2, 0.25) is 10.0 Å². The van der Waals surface area contributed by atoms with Crippen LogP contribution in [0.15, 0.2) is 65.8 Å². The Balaban J connectivity index is 0.00000441. The fourth-order valence-corrected chi connectivity index (χ4v) is 7.58. The summed E-state index contributed by atoms with van der Waals surface area (Å²) in [6.45, 7) is -2.96. The highest BCUT2D eigenvalue weighted by Crippen LogP contribution is 2.37. The molecule has 4 rings (SSSR count).